The van der Waals surface area contributed by atoms with Crippen LogP contribution in [0, 0.1) is 0 Å². The van der Waals surface area contributed by atoms with Crippen LogP contribution >= 0.6 is 35.0 Å². The molecular formula is C16H19Cl2N5OS. The standard InChI is InChI=1S/C16H19Cl2N5OS/c1-10-4-2-3-7-22(10)14(24)9-25-16-21-20-15(23(16)19)12-8-11(17)5-6-13(12)18/h5-6,8,10H,2-4,7,9,19H2,1H3/t10-/m1/s1. The molecule has 134 valence electrons. The van der Waals surface area contributed by atoms with Gasteiger partial charge in [0, 0.05) is 23.2 Å². The maximum absolute atomic E-state index is 12.4. The molecule has 0 bridgehead atoms. The number of hydrogen-bond donors (Lipinski definition) is 1. The van der Waals surface area contributed by atoms with Gasteiger partial charge in [-0.1, -0.05) is 35.0 Å². The summed E-state index contributed by atoms with van der Waals surface area (Å²) in [5, 5.41) is 9.65. The minimum atomic E-state index is 0.0996. The van der Waals surface area contributed by atoms with Crippen LogP contribution in [0.15, 0.2) is 23.4 Å². The van der Waals surface area contributed by atoms with Gasteiger partial charge in [-0.3, -0.25) is 4.79 Å². The zero-order chi connectivity index (χ0) is 18.0. The molecule has 1 aliphatic heterocycles. The molecule has 0 spiro atoms. The largest absolute Gasteiger partial charge is 0.339 e. The number of amides is 1. The van der Waals surface area contributed by atoms with Crippen LogP contribution < -0.4 is 5.84 Å². The molecule has 1 aromatic carbocycles. The Kier molecular flexibility index (Phi) is 5.76. The first-order valence-electron chi connectivity index (χ1n) is 8.05. The highest BCUT2D eigenvalue weighted by Crippen LogP contribution is 2.30. The van der Waals surface area contributed by atoms with Gasteiger partial charge in [0.05, 0.1) is 10.8 Å². The Hall–Kier alpha value is -1.44. The highest BCUT2D eigenvalue weighted by Gasteiger charge is 2.24. The molecule has 2 heterocycles. The van der Waals surface area contributed by atoms with E-state index in [2.05, 4.69) is 17.1 Å². The normalized spacial score (nSPS) is 17.7. The van der Waals surface area contributed by atoms with Crippen LogP contribution in [-0.2, 0) is 4.79 Å². The number of benzene rings is 1. The number of aromatic nitrogens is 3. The number of nitrogens with zero attached hydrogens (tertiary/aromatic N) is 4. The third-order valence-corrected chi connectivity index (χ3v) is 5.77. The molecule has 3 rings (SSSR count). The first-order valence-corrected chi connectivity index (χ1v) is 9.79. The first kappa shape index (κ1) is 18.4. The number of thioether (sulfide) groups is 1. The molecule has 1 amide bonds. The molecule has 2 aromatic rings. The van der Waals surface area contributed by atoms with E-state index in [1.54, 1.807) is 18.2 Å². The van der Waals surface area contributed by atoms with E-state index in [9.17, 15) is 4.79 Å². The van der Waals surface area contributed by atoms with E-state index in [4.69, 9.17) is 29.0 Å². The second kappa shape index (κ2) is 7.85. The van der Waals surface area contributed by atoms with Gasteiger partial charge in [-0.15, -0.1) is 10.2 Å². The molecule has 9 heteroatoms. The van der Waals surface area contributed by atoms with Crippen LogP contribution in [0.2, 0.25) is 10.0 Å². The van der Waals surface area contributed by atoms with E-state index in [0.29, 0.717) is 32.6 Å². The van der Waals surface area contributed by atoms with Crippen molar-refractivity contribution in [2.24, 2.45) is 0 Å². The van der Waals surface area contributed by atoms with Crippen molar-refractivity contribution in [3.8, 4) is 11.4 Å². The Bertz CT molecular complexity index is 782. The number of likely N-dealkylation sites (tertiary alicyclic amines) is 1. The molecular weight excluding hydrogens is 381 g/mol. The van der Waals surface area contributed by atoms with Gasteiger partial charge in [-0.05, 0) is 44.4 Å². The maximum Gasteiger partial charge on any atom is 0.233 e. The molecule has 1 aliphatic rings. The Morgan fingerprint density at radius 3 is 2.92 bits per heavy atom. The number of nitrogen functional groups attached to an aromatic ring is 1. The fraction of sp³-hybridized carbons (Fsp3) is 0.438. The van der Waals surface area contributed by atoms with E-state index in [1.807, 2.05) is 4.90 Å². The van der Waals surface area contributed by atoms with Crippen molar-refractivity contribution < 1.29 is 4.79 Å². The predicted molar refractivity (Wildman–Crippen MR) is 101 cm³/mol. The fourth-order valence-corrected chi connectivity index (χ4v) is 4.02. The van der Waals surface area contributed by atoms with Crippen LogP contribution in [0.5, 0.6) is 0 Å². The van der Waals surface area contributed by atoms with Crippen molar-refractivity contribution in [2.45, 2.75) is 37.4 Å². The van der Waals surface area contributed by atoms with Crippen molar-refractivity contribution in [1.29, 1.82) is 0 Å². The van der Waals surface area contributed by atoms with Crippen molar-refractivity contribution >= 4 is 40.9 Å². The number of carbonyl (C=O) groups excluding carboxylic acids is 1. The monoisotopic (exact) mass is 399 g/mol. The summed E-state index contributed by atoms with van der Waals surface area (Å²) in [7, 11) is 0. The van der Waals surface area contributed by atoms with Crippen LogP contribution in [-0.4, -0.2) is 44.0 Å². The topological polar surface area (TPSA) is 77.0 Å². The molecule has 1 fully saturated rings. The average molecular weight is 400 g/mol. The summed E-state index contributed by atoms with van der Waals surface area (Å²) in [5.41, 5.74) is 0.604. The molecule has 1 aromatic heterocycles. The zero-order valence-corrected chi connectivity index (χ0v) is 16.1. The lowest BCUT2D eigenvalue weighted by atomic mass is 10.0. The van der Waals surface area contributed by atoms with Gasteiger partial charge >= 0.3 is 0 Å². The summed E-state index contributed by atoms with van der Waals surface area (Å²) in [6.07, 6.45) is 3.30. The van der Waals surface area contributed by atoms with E-state index in [1.165, 1.54) is 22.9 Å². The van der Waals surface area contributed by atoms with Crippen LogP contribution in [0.1, 0.15) is 26.2 Å². The van der Waals surface area contributed by atoms with E-state index < -0.39 is 0 Å². The lowest BCUT2D eigenvalue weighted by Crippen LogP contribution is -2.43. The van der Waals surface area contributed by atoms with Gasteiger partial charge in [0.2, 0.25) is 11.1 Å². The molecule has 0 unspecified atom stereocenters. The Balaban J connectivity index is 1.71. The number of rotatable bonds is 4. The van der Waals surface area contributed by atoms with Gasteiger partial charge in [-0.25, -0.2) is 4.68 Å². The van der Waals surface area contributed by atoms with Crippen LogP contribution in [0.3, 0.4) is 0 Å². The summed E-state index contributed by atoms with van der Waals surface area (Å²) in [6.45, 7) is 2.91. The van der Waals surface area contributed by atoms with E-state index >= 15 is 0 Å². The molecule has 6 nitrogen and oxygen atoms in total. The average Bonchev–Trinajstić information content (AvgIpc) is 2.96. The van der Waals surface area contributed by atoms with Crippen molar-refractivity contribution in [3.63, 3.8) is 0 Å². The number of piperidine rings is 1. The zero-order valence-electron chi connectivity index (χ0n) is 13.8. The van der Waals surface area contributed by atoms with Gasteiger partial charge in [-0.2, -0.15) is 0 Å². The quantitative estimate of drug-likeness (QED) is 0.628. The highest BCUT2D eigenvalue weighted by molar-refractivity contribution is 7.99. The Labute approximate surface area is 160 Å². The van der Waals surface area contributed by atoms with Crippen LogP contribution in [0.4, 0.5) is 0 Å². The summed E-state index contributed by atoms with van der Waals surface area (Å²) >= 11 is 13.5. The smallest absolute Gasteiger partial charge is 0.233 e. The Morgan fingerprint density at radius 1 is 1.36 bits per heavy atom. The van der Waals surface area contributed by atoms with Gasteiger partial charge in [0.15, 0.2) is 5.82 Å². The summed E-state index contributed by atoms with van der Waals surface area (Å²) in [6, 6.07) is 5.35. The second-order valence-electron chi connectivity index (χ2n) is 6.02. The van der Waals surface area contributed by atoms with E-state index in [-0.39, 0.29) is 11.7 Å². The lowest BCUT2D eigenvalue weighted by molar-refractivity contribution is -0.131. The van der Waals surface area contributed by atoms with Gasteiger partial charge in [0.1, 0.15) is 0 Å². The first-order chi connectivity index (χ1) is 12.0. The summed E-state index contributed by atoms with van der Waals surface area (Å²) < 4.78 is 1.34. The highest BCUT2D eigenvalue weighted by atomic mass is 35.5. The minimum absolute atomic E-state index is 0.0996. The number of hydrogen-bond acceptors (Lipinski definition) is 5. The maximum atomic E-state index is 12.4. The van der Waals surface area contributed by atoms with Gasteiger partial charge in [0.25, 0.3) is 0 Å². The molecule has 1 saturated heterocycles. The molecule has 25 heavy (non-hydrogen) atoms. The van der Waals surface area contributed by atoms with E-state index in [0.717, 1.165) is 19.4 Å². The minimum Gasteiger partial charge on any atom is -0.339 e. The third kappa shape index (κ3) is 4.04. The summed E-state index contributed by atoms with van der Waals surface area (Å²) in [4.78, 5) is 14.4. The summed E-state index contributed by atoms with van der Waals surface area (Å²) in [5.74, 6) is 6.88. The molecule has 0 saturated carbocycles. The lowest BCUT2D eigenvalue weighted by Gasteiger charge is -2.33. The fourth-order valence-electron chi connectivity index (χ4n) is 2.91. The predicted octanol–water partition coefficient (Wildman–Crippen LogP) is 3.46. The third-order valence-electron chi connectivity index (χ3n) is 4.28. The van der Waals surface area contributed by atoms with Crippen molar-refractivity contribution in [3.05, 3.63) is 28.2 Å². The SMILES string of the molecule is C[C@@H]1CCCCN1C(=O)CSc1nnc(-c2cc(Cl)ccc2Cl)n1N. The second-order valence-corrected chi connectivity index (χ2v) is 7.81. The molecule has 1 atom stereocenters. The molecule has 2 N–H and O–H groups in total. The number of carbonyl (C=O) groups is 1. The number of nitrogens with two attached hydrogens (primary N) is 1. The Morgan fingerprint density at radius 2 is 2.16 bits per heavy atom. The van der Waals surface area contributed by atoms with Crippen LogP contribution in [0.25, 0.3) is 11.4 Å². The molecule has 0 radical (unpaired) electrons. The molecule has 0 aliphatic carbocycles. The van der Waals surface area contributed by atoms with Gasteiger partial charge < -0.3 is 10.7 Å². The van der Waals surface area contributed by atoms with Crippen molar-refractivity contribution in [1.82, 2.24) is 19.8 Å². The van der Waals surface area contributed by atoms with Crippen molar-refractivity contribution in [2.75, 3.05) is 18.1 Å². The number of halogens is 2.